The first kappa shape index (κ1) is 14.7. The lowest BCUT2D eigenvalue weighted by atomic mass is 9.79. The average Bonchev–Trinajstić information content (AvgIpc) is 3.07. The van der Waals surface area contributed by atoms with Crippen LogP contribution in [0.2, 0.25) is 15.9 Å². The minimum absolute atomic E-state index is 0.126. The quantitative estimate of drug-likeness (QED) is 0.720. The fraction of sp³-hybridized carbons (Fsp3) is 0.600. The van der Waals surface area contributed by atoms with Crippen molar-refractivity contribution in [3.8, 4) is 0 Å². The largest absolute Gasteiger partial charge is 0.461 e. The molecule has 20 heavy (non-hydrogen) atoms. The van der Waals surface area contributed by atoms with Crippen LogP contribution < -0.4 is 0 Å². The topological polar surface area (TPSA) is 18.5 Å². The number of rotatable bonds is 2. The molecule has 2 atom stereocenters. The molecular weight excluding hydrogens is 294 g/mol. The van der Waals surface area contributed by atoms with Crippen LogP contribution in [-0.2, 0) is 9.31 Å². The van der Waals surface area contributed by atoms with E-state index < -0.39 is 0 Å². The van der Waals surface area contributed by atoms with E-state index in [1.165, 1.54) is 5.56 Å². The summed E-state index contributed by atoms with van der Waals surface area (Å²) in [7, 11) is -0.126. The second-order valence-corrected chi connectivity index (χ2v) is 7.62. The fourth-order valence-electron chi connectivity index (χ4n) is 2.71. The normalized spacial score (nSPS) is 30.6. The molecule has 1 heterocycles. The zero-order chi connectivity index (χ0) is 14.7. The van der Waals surface area contributed by atoms with Crippen molar-refractivity contribution in [2.24, 2.45) is 0 Å². The van der Waals surface area contributed by atoms with Gasteiger partial charge in [-0.1, -0.05) is 29.3 Å². The first-order chi connectivity index (χ1) is 9.21. The molecule has 1 aromatic carbocycles. The minimum Gasteiger partial charge on any atom is -0.403 e. The maximum absolute atomic E-state index is 6.11. The zero-order valence-electron chi connectivity index (χ0n) is 12.2. The van der Waals surface area contributed by atoms with Gasteiger partial charge in [0.1, 0.15) is 0 Å². The molecular formula is C15H19BCl2O2. The number of benzene rings is 1. The van der Waals surface area contributed by atoms with Gasteiger partial charge in [-0.3, -0.25) is 0 Å². The Morgan fingerprint density at radius 3 is 2.20 bits per heavy atom. The van der Waals surface area contributed by atoms with Gasteiger partial charge in [-0.2, -0.15) is 0 Å². The van der Waals surface area contributed by atoms with Crippen LogP contribution in [0.5, 0.6) is 0 Å². The van der Waals surface area contributed by atoms with Crippen molar-refractivity contribution in [1.82, 2.24) is 0 Å². The predicted octanol–water partition coefficient (Wildman–Crippen LogP) is 4.94. The monoisotopic (exact) mass is 312 g/mol. The van der Waals surface area contributed by atoms with Crippen LogP contribution in [0.3, 0.4) is 0 Å². The van der Waals surface area contributed by atoms with Crippen LogP contribution in [0.1, 0.15) is 45.6 Å². The molecule has 2 fully saturated rings. The molecule has 0 bridgehead atoms. The van der Waals surface area contributed by atoms with E-state index in [0.717, 1.165) is 6.42 Å². The van der Waals surface area contributed by atoms with E-state index >= 15 is 0 Å². The van der Waals surface area contributed by atoms with E-state index in [1.807, 2.05) is 18.2 Å². The molecule has 1 aliphatic heterocycles. The fourth-order valence-corrected chi connectivity index (χ4v) is 3.01. The molecule has 0 N–H and O–H groups in total. The summed E-state index contributed by atoms with van der Waals surface area (Å²) >= 11 is 12.1. The lowest BCUT2D eigenvalue weighted by Crippen LogP contribution is -2.41. The highest BCUT2D eigenvalue weighted by Crippen LogP contribution is 2.58. The van der Waals surface area contributed by atoms with Gasteiger partial charge in [0.2, 0.25) is 0 Å². The summed E-state index contributed by atoms with van der Waals surface area (Å²) in [5, 5.41) is 1.21. The summed E-state index contributed by atoms with van der Waals surface area (Å²) in [5.74, 6) is 0.868. The summed E-state index contributed by atoms with van der Waals surface area (Å²) in [4.78, 5) is 0. The summed E-state index contributed by atoms with van der Waals surface area (Å²) in [6, 6.07) is 5.86. The highest BCUT2D eigenvalue weighted by Gasteiger charge is 2.59. The molecule has 0 spiro atoms. The highest BCUT2D eigenvalue weighted by molar-refractivity contribution is 6.49. The maximum atomic E-state index is 6.11. The smallest absolute Gasteiger partial charge is 0.403 e. The molecule has 0 radical (unpaired) electrons. The Labute approximate surface area is 130 Å². The Kier molecular flexibility index (Phi) is 3.41. The summed E-state index contributed by atoms with van der Waals surface area (Å²) in [5.41, 5.74) is 0.698. The van der Waals surface area contributed by atoms with Gasteiger partial charge in [-0.05, 0) is 57.7 Å². The van der Waals surface area contributed by atoms with Crippen LogP contribution in [-0.4, -0.2) is 18.3 Å². The molecule has 2 aliphatic rings. The van der Waals surface area contributed by atoms with Gasteiger partial charge in [0.25, 0.3) is 0 Å². The van der Waals surface area contributed by atoms with Gasteiger partial charge >= 0.3 is 7.12 Å². The zero-order valence-corrected chi connectivity index (χ0v) is 13.8. The van der Waals surface area contributed by atoms with Crippen LogP contribution in [0.4, 0.5) is 0 Å². The SMILES string of the molecule is CC1(C)OB([C@@H]2C[C@H]2c2ccc(Cl)c(Cl)c2)OC1(C)C. The third-order valence-electron chi connectivity index (χ3n) is 4.83. The number of hydrogen-bond acceptors (Lipinski definition) is 2. The van der Waals surface area contributed by atoms with Crippen LogP contribution in [0.25, 0.3) is 0 Å². The molecule has 1 saturated carbocycles. The Hall–Kier alpha value is -0.215. The molecule has 108 valence electrons. The molecule has 2 nitrogen and oxygen atoms in total. The van der Waals surface area contributed by atoms with Crippen LogP contribution >= 0.6 is 23.2 Å². The van der Waals surface area contributed by atoms with E-state index in [0.29, 0.717) is 21.8 Å². The van der Waals surface area contributed by atoms with Crippen LogP contribution in [0.15, 0.2) is 18.2 Å². The minimum atomic E-state index is -0.261. The van der Waals surface area contributed by atoms with Crippen molar-refractivity contribution in [1.29, 1.82) is 0 Å². The summed E-state index contributed by atoms with van der Waals surface area (Å²) < 4.78 is 12.2. The second-order valence-electron chi connectivity index (χ2n) is 6.80. The Morgan fingerprint density at radius 2 is 1.65 bits per heavy atom. The van der Waals surface area contributed by atoms with E-state index in [-0.39, 0.29) is 18.3 Å². The van der Waals surface area contributed by atoms with Crippen molar-refractivity contribution >= 4 is 30.3 Å². The number of halogens is 2. The van der Waals surface area contributed by atoms with Gasteiger partial charge in [0, 0.05) is 5.82 Å². The third-order valence-corrected chi connectivity index (χ3v) is 5.57. The molecule has 5 heteroatoms. The van der Waals surface area contributed by atoms with Crippen LogP contribution in [0, 0.1) is 0 Å². The predicted molar refractivity (Wildman–Crippen MR) is 83.7 cm³/mol. The highest BCUT2D eigenvalue weighted by atomic mass is 35.5. The first-order valence-corrected chi connectivity index (χ1v) is 7.77. The van der Waals surface area contributed by atoms with E-state index in [9.17, 15) is 0 Å². The Bertz CT molecular complexity index is 529. The summed E-state index contributed by atoms with van der Waals surface area (Å²) in [6.07, 6.45) is 1.08. The van der Waals surface area contributed by atoms with Gasteiger partial charge in [-0.15, -0.1) is 0 Å². The second kappa shape index (κ2) is 4.64. The van der Waals surface area contributed by atoms with Crippen molar-refractivity contribution in [3.05, 3.63) is 33.8 Å². The maximum Gasteiger partial charge on any atom is 0.461 e. The van der Waals surface area contributed by atoms with Crippen molar-refractivity contribution in [2.45, 2.75) is 57.1 Å². The Balaban J connectivity index is 1.72. The lowest BCUT2D eigenvalue weighted by molar-refractivity contribution is 0.00578. The van der Waals surface area contributed by atoms with E-state index in [1.54, 1.807) is 0 Å². The first-order valence-electron chi connectivity index (χ1n) is 7.02. The molecule has 0 amide bonds. The van der Waals surface area contributed by atoms with Gasteiger partial charge < -0.3 is 9.31 Å². The Morgan fingerprint density at radius 1 is 1.05 bits per heavy atom. The standard InChI is InChI=1S/C15H19BCl2O2/c1-14(2)15(3,4)20-16(19-14)11-8-10(11)9-5-6-12(17)13(18)7-9/h5-7,10-11H,8H2,1-4H3/t10-,11+/m0/s1. The van der Waals surface area contributed by atoms with Crippen molar-refractivity contribution in [3.63, 3.8) is 0 Å². The molecule has 1 aromatic rings. The third kappa shape index (κ3) is 2.39. The average molecular weight is 313 g/mol. The molecule has 1 saturated heterocycles. The molecule has 0 unspecified atom stereocenters. The number of hydrogen-bond donors (Lipinski definition) is 0. The lowest BCUT2D eigenvalue weighted by Gasteiger charge is -2.32. The molecule has 3 rings (SSSR count). The van der Waals surface area contributed by atoms with Crippen molar-refractivity contribution < 1.29 is 9.31 Å². The van der Waals surface area contributed by atoms with Gasteiger partial charge in [-0.25, -0.2) is 0 Å². The summed E-state index contributed by atoms with van der Waals surface area (Å²) in [6.45, 7) is 8.35. The molecule has 0 aromatic heterocycles. The van der Waals surface area contributed by atoms with E-state index in [4.69, 9.17) is 32.5 Å². The van der Waals surface area contributed by atoms with E-state index in [2.05, 4.69) is 27.7 Å². The van der Waals surface area contributed by atoms with Gasteiger partial charge in [0.15, 0.2) is 0 Å². The molecule has 1 aliphatic carbocycles. The van der Waals surface area contributed by atoms with Gasteiger partial charge in [0.05, 0.1) is 21.2 Å². The van der Waals surface area contributed by atoms with Crippen molar-refractivity contribution in [2.75, 3.05) is 0 Å².